The average Bonchev–Trinajstić information content (AvgIpc) is 2.67. The van der Waals surface area contributed by atoms with Gasteiger partial charge in [-0.25, -0.2) is 4.68 Å². The fraction of sp³-hybridized carbons (Fsp3) is 0.190. The molecular formula is C21H21N3O2. The summed E-state index contributed by atoms with van der Waals surface area (Å²) in [6.07, 6.45) is 0. The molecule has 1 atom stereocenters. The Morgan fingerprint density at radius 3 is 2.35 bits per heavy atom. The van der Waals surface area contributed by atoms with Crippen LogP contribution in [0, 0.1) is 6.92 Å². The quantitative estimate of drug-likeness (QED) is 0.771. The van der Waals surface area contributed by atoms with Crippen molar-refractivity contribution in [3.63, 3.8) is 0 Å². The van der Waals surface area contributed by atoms with Crippen LogP contribution in [0.25, 0.3) is 5.69 Å². The van der Waals surface area contributed by atoms with Crippen LogP contribution in [-0.4, -0.2) is 22.2 Å². The number of hydrogen-bond donors (Lipinski definition) is 1. The zero-order valence-corrected chi connectivity index (χ0v) is 14.8. The van der Waals surface area contributed by atoms with E-state index >= 15 is 0 Å². The Kier molecular flexibility index (Phi) is 5.27. The Bertz CT molecular complexity index is 950. The van der Waals surface area contributed by atoms with E-state index in [0.717, 1.165) is 11.3 Å². The lowest BCUT2D eigenvalue weighted by molar-refractivity contribution is 0.0943. The molecule has 0 saturated carbocycles. The van der Waals surface area contributed by atoms with Crippen molar-refractivity contribution in [2.45, 2.75) is 19.8 Å². The van der Waals surface area contributed by atoms with E-state index in [-0.39, 0.29) is 17.0 Å². The molecule has 0 aliphatic rings. The Hall–Kier alpha value is -3.21. The minimum Gasteiger partial charge on any atom is -0.350 e. The van der Waals surface area contributed by atoms with E-state index in [1.165, 1.54) is 6.07 Å². The van der Waals surface area contributed by atoms with E-state index in [0.29, 0.717) is 12.2 Å². The smallest absolute Gasteiger partial charge is 0.275 e. The number of rotatable bonds is 5. The van der Waals surface area contributed by atoms with Gasteiger partial charge in [0.2, 0.25) is 5.43 Å². The molecule has 26 heavy (non-hydrogen) atoms. The molecule has 0 spiro atoms. The summed E-state index contributed by atoms with van der Waals surface area (Å²) in [5.41, 5.74) is 2.14. The molecular weight excluding hydrogens is 326 g/mol. The van der Waals surface area contributed by atoms with Crippen LogP contribution in [0.3, 0.4) is 0 Å². The first-order valence-electron chi connectivity index (χ1n) is 8.56. The predicted octanol–water partition coefficient (Wildman–Crippen LogP) is 3.07. The van der Waals surface area contributed by atoms with Gasteiger partial charge in [-0.2, -0.15) is 5.10 Å². The SMILES string of the molecule is Cc1cc(=O)c(C(=O)NC[C@@H](C)c2ccccc2)nn1-c1ccccc1. The van der Waals surface area contributed by atoms with Gasteiger partial charge in [0.05, 0.1) is 5.69 Å². The van der Waals surface area contributed by atoms with Gasteiger partial charge in [-0.3, -0.25) is 9.59 Å². The largest absolute Gasteiger partial charge is 0.350 e. The van der Waals surface area contributed by atoms with Crippen molar-refractivity contribution in [2.75, 3.05) is 6.54 Å². The molecule has 0 radical (unpaired) electrons. The Morgan fingerprint density at radius 2 is 1.69 bits per heavy atom. The van der Waals surface area contributed by atoms with Crippen LogP contribution >= 0.6 is 0 Å². The molecule has 1 amide bonds. The third kappa shape index (κ3) is 3.88. The standard InChI is InChI=1S/C21H21N3O2/c1-15(17-9-5-3-6-10-17)14-22-21(26)20-19(25)13-16(2)24(23-20)18-11-7-4-8-12-18/h3-13,15H,14H2,1-2H3,(H,22,26)/t15-/m1/s1. The van der Waals surface area contributed by atoms with Gasteiger partial charge in [-0.1, -0.05) is 55.5 Å². The molecule has 0 aliphatic heterocycles. The van der Waals surface area contributed by atoms with Crippen molar-refractivity contribution in [1.82, 2.24) is 15.1 Å². The number of carbonyl (C=O) groups excluding carboxylic acids is 1. The number of carbonyl (C=O) groups is 1. The number of nitrogens with zero attached hydrogens (tertiary/aromatic N) is 2. The van der Waals surface area contributed by atoms with E-state index in [1.807, 2.05) is 67.6 Å². The van der Waals surface area contributed by atoms with Crippen molar-refractivity contribution in [3.8, 4) is 5.69 Å². The van der Waals surface area contributed by atoms with Crippen LogP contribution in [-0.2, 0) is 0 Å². The summed E-state index contributed by atoms with van der Waals surface area (Å²) in [6.45, 7) is 4.25. The maximum absolute atomic E-state index is 12.5. The molecule has 0 saturated heterocycles. The van der Waals surface area contributed by atoms with Crippen molar-refractivity contribution >= 4 is 5.91 Å². The highest BCUT2D eigenvalue weighted by Gasteiger charge is 2.16. The van der Waals surface area contributed by atoms with Crippen LogP contribution in [0.1, 0.15) is 34.6 Å². The van der Waals surface area contributed by atoms with Gasteiger partial charge in [0, 0.05) is 18.3 Å². The lowest BCUT2D eigenvalue weighted by Crippen LogP contribution is -2.34. The topological polar surface area (TPSA) is 64.0 Å². The second-order valence-corrected chi connectivity index (χ2v) is 6.27. The minimum atomic E-state index is -0.456. The van der Waals surface area contributed by atoms with Gasteiger partial charge in [0.15, 0.2) is 5.69 Å². The lowest BCUT2D eigenvalue weighted by atomic mass is 10.0. The second kappa shape index (κ2) is 7.78. The normalized spacial score (nSPS) is 11.8. The highest BCUT2D eigenvalue weighted by atomic mass is 16.2. The van der Waals surface area contributed by atoms with Crippen LogP contribution < -0.4 is 10.7 Å². The number of nitrogens with one attached hydrogen (secondary N) is 1. The number of hydrogen-bond acceptors (Lipinski definition) is 3. The molecule has 0 unspecified atom stereocenters. The number of aryl methyl sites for hydroxylation is 1. The van der Waals surface area contributed by atoms with E-state index in [2.05, 4.69) is 10.4 Å². The van der Waals surface area contributed by atoms with Crippen LogP contribution in [0.5, 0.6) is 0 Å². The molecule has 1 heterocycles. The zero-order chi connectivity index (χ0) is 18.5. The van der Waals surface area contributed by atoms with Crippen LogP contribution in [0.4, 0.5) is 0 Å². The molecule has 5 nitrogen and oxygen atoms in total. The van der Waals surface area contributed by atoms with Crippen molar-refractivity contribution < 1.29 is 4.79 Å². The molecule has 1 aromatic heterocycles. The minimum absolute atomic E-state index is 0.0975. The highest BCUT2D eigenvalue weighted by Crippen LogP contribution is 2.13. The Balaban J connectivity index is 1.80. The molecule has 3 rings (SSSR count). The summed E-state index contributed by atoms with van der Waals surface area (Å²) >= 11 is 0. The number of amides is 1. The van der Waals surface area contributed by atoms with Crippen molar-refractivity contribution in [1.29, 1.82) is 0 Å². The maximum Gasteiger partial charge on any atom is 0.275 e. The predicted molar refractivity (Wildman–Crippen MR) is 102 cm³/mol. The lowest BCUT2D eigenvalue weighted by Gasteiger charge is -2.14. The summed E-state index contributed by atoms with van der Waals surface area (Å²) in [5.74, 6) is -0.315. The molecule has 0 bridgehead atoms. The third-order valence-corrected chi connectivity index (χ3v) is 4.26. The maximum atomic E-state index is 12.5. The average molecular weight is 347 g/mol. The third-order valence-electron chi connectivity index (χ3n) is 4.26. The second-order valence-electron chi connectivity index (χ2n) is 6.27. The summed E-state index contributed by atoms with van der Waals surface area (Å²) in [5, 5.41) is 7.11. The summed E-state index contributed by atoms with van der Waals surface area (Å²) in [7, 11) is 0. The van der Waals surface area contributed by atoms with Gasteiger partial charge >= 0.3 is 0 Å². The molecule has 5 heteroatoms. The molecule has 1 N–H and O–H groups in total. The monoisotopic (exact) mass is 347 g/mol. The zero-order valence-electron chi connectivity index (χ0n) is 14.8. The molecule has 2 aromatic carbocycles. The fourth-order valence-corrected chi connectivity index (χ4v) is 2.76. The first-order valence-corrected chi connectivity index (χ1v) is 8.56. The van der Waals surface area contributed by atoms with E-state index in [1.54, 1.807) is 11.6 Å². The first-order chi connectivity index (χ1) is 12.6. The van der Waals surface area contributed by atoms with Gasteiger partial charge in [0.25, 0.3) is 5.91 Å². The van der Waals surface area contributed by atoms with Crippen molar-refractivity contribution in [3.05, 3.63) is 93.9 Å². The van der Waals surface area contributed by atoms with Crippen molar-refractivity contribution in [2.24, 2.45) is 0 Å². The van der Waals surface area contributed by atoms with E-state index < -0.39 is 5.91 Å². The molecule has 0 aliphatic carbocycles. The number of aromatic nitrogens is 2. The first kappa shape index (κ1) is 17.6. The van der Waals surface area contributed by atoms with Gasteiger partial charge < -0.3 is 5.32 Å². The molecule has 132 valence electrons. The summed E-state index contributed by atoms with van der Waals surface area (Å²) in [6, 6.07) is 20.8. The van der Waals surface area contributed by atoms with Gasteiger partial charge in [-0.15, -0.1) is 0 Å². The Morgan fingerprint density at radius 1 is 1.08 bits per heavy atom. The molecule has 0 fully saturated rings. The summed E-state index contributed by atoms with van der Waals surface area (Å²) in [4.78, 5) is 24.8. The molecule has 3 aromatic rings. The Labute approximate surface area is 152 Å². The summed E-state index contributed by atoms with van der Waals surface area (Å²) < 4.78 is 1.61. The number of benzene rings is 2. The van der Waals surface area contributed by atoms with Crippen LogP contribution in [0.2, 0.25) is 0 Å². The fourth-order valence-electron chi connectivity index (χ4n) is 2.76. The van der Waals surface area contributed by atoms with E-state index in [4.69, 9.17) is 0 Å². The van der Waals surface area contributed by atoms with Gasteiger partial charge in [-0.05, 0) is 30.5 Å². The highest BCUT2D eigenvalue weighted by molar-refractivity contribution is 5.92. The van der Waals surface area contributed by atoms with E-state index in [9.17, 15) is 9.59 Å². The van der Waals surface area contributed by atoms with Crippen LogP contribution in [0.15, 0.2) is 71.5 Å². The van der Waals surface area contributed by atoms with Gasteiger partial charge in [0.1, 0.15) is 0 Å². The number of para-hydroxylation sites is 1.